The summed E-state index contributed by atoms with van der Waals surface area (Å²) in [6.07, 6.45) is 71.1. The Kier molecular flexibility index (Phi) is 72.5. The third-order valence-electron chi connectivity index (χ3n) is 18.1. The van der Waals surface area contributed by atoms with E-state index in [1.54, 1.807) is 0 Å². The first-order chi connectivity index (χ1) is 48.7. The van der Waals surface area contributed by atoms with Crippen LogP contribution in [0.15, 0.2) is 36.5 Å². The topological polar surface area (TPSA) is 237 Å². The van der Waals surface area contributed by atoms with Gasteiger partial charge in [-0.05, 0) is 83.5 Å². The molecule has 0 aliphatic carbocycles. The van der Waals surface area contributed by atoms with Crippen LogP contribution in [0, 0.1) is 0 Å². The normalized spacial score (nSPS) is 14.0. The minimum absolute atomic E-state index is 0.0882. The van der Waals surface area contributed by atoms with Gasteiger partial charge in [0.25, 0.3) is 0 Å². The fraction of sp³-hybridized carbons (Fsp3) is 0.877. The van der Waals surface area contributed by atoms with Crippen LogP contribution in [0.25, 0.3) is 0 Å². The number of aliphatic hydroxyl groups is 1. The van der Waals surface area contributed by atoms with E-state index in [0.717, 1.165) is 128 Å². The van der Waals surface area contributed by atoms with Gasteiger partial charge in [-0.2, -0.15) is 0 Å². The standard InChI is InChI=1S/C81H152O17P2/c1-5-9-13-17-21-25-29-33-36-37-40-43-46-50-54-58-62-66-79(84)92-71-76(97-80(85)67-63-59-55-51-47-41-32-28-24-20-16-12-8-4)73-95-99(87,88)93-69-75(82)70-94-100(89,90)96-74-77(98-81(86)68-64-60-56-52-48-44-39-35-31-27-23-19-15-11-7-3)72-91-78(83)65-61-57-53-49-45-42-38-34-30-26-22-18-14-10-6-2/h22,26,34-35,38-39,75-77,82H,5-21,23-25,27-33,36-37,40-74H2,1-4H3,(H,87,88)(H,89,90)/b26-22-,38-34-,39-35-/t75-,76-,77-/m1/s1. The third kappa shape index (κ3) is 73.6. The highest BCUT2D eigenvalue weighted by Gasteiger charge is 2.30. The molecule has 0 aromatic carbocycles. The van der Waals surface area contributed by atoms with Crippen molar-refractivity contribution in [3.63, 3.8) is 0 Å². The highest BCUT2D eigenvalue weighted by molar-refractivity contribution is 7.47. The van der Waals surface area contributed by atoms with Crippen molar-refractivity contribution < 1.29 is 80.2 Å². The average Bonchev–Trinajstić information content (AvgIpc) is 0.988. The van der Waals surface area contributed by atoms with Crippen LogP contribution in [-0.2, 0) is 65.4 Å². The van der Waals surface area contributed by atoms with Gasteiger partial charge < -0.3 is 33.8 Å². The van der Waals surface area contributed by atoms with Crippen molar-refractivity contribution in [3.8, 4) is 0 Å². The Morgan fingerprint density at radius 1 is 0.280 bits per heavy atom. The molecule has 5 atom stereocenters. The molecular weight excluding hydrogens is 1310 g/mol. The summed E-state index contributed by atoms with van der Waals surface area (Å²) >= 11 is 0. The number of carbonyl (C=O) groups excluding carboxylic acids is 4. The number of aliphatic hydroxyl groups excluding tert-OH is 1. The van der Waals surface area contributed by atoms with E-state index in [0.29, 0.717) is 25.7 Å². The summed E-state index contributed by atoms with van der Waals surface area (Å²) in [6, 6.07) is 0. The molecule has 0 bridgehead atoms. The fourth-order valence-corrected chi connectivity index (χ4v) is 13.4. The quantitative estimate of drug-likeness (QED) is 0.0169. The van der Waals surface area contributed by atoms with Crippen LogP contribution < -0.4 is 0 Å². The monoisotopic (exact) mass is 1460 g/mol. The van der Waals surface area contributed by atoms with Gasteiger partial charge in [0.1, 0.15) is 19.3 Å². The van der Waals surface area contributed by atoms with Crippen molar-refractivity contribution >= 4 is 39.5 Å². The Morgan fingerprint density at radius 3 is 0.770 bits per heavy atom. The van der Waals surface area contributed by atoms with Gasteiger partial charge in [-0.25, -0.2) is 9.13 Å². The van der Waals surface area contributed by atoms with Crippen molar-refractivity contribution in [1.82, 2.24) is 0 Å². The predicted molar refractivity (Wildman–Crippen MR) is 409 cm³/mol. The van der Waals surface area contributed by atoms with E-state index in [1.807, 2.05) is 0 Å². The predicted octanol–water partition coefficient (Wildman–Crippen LogP) is 23.9. The van der Waals surface area contributed by atoms with Gasteiger partial charge in [0.05, 0.1) is 26.4 Å². The first-order valence-corrected chi connectivity index (χ1v) is 44.2. The largest absolute Gasteiger partial charge is 0.472 e. The van der Waals surface area contributed by atoms with E-state index in [2.05, 4.69) is 64.2 Å². The van der Waals surface area contributed by atoms with Crippen LogP contribution in [0.2, 0.25) is 0 Å². The van der Waals surface area contributed by atoms with E-state index < -0.39 is 97.5 Å². The second-order valence-electron chi connectivity index (χ2n) is 28.1. The molecule has 0 amide bonds. The van der Waals surface area contributed by atoms with Crippen LogP contribution in [0.5, 0.6) is 0 Å². The molecule has 2 unspecified atom stereocenters. The first kappa shape index (κ1) is 97.3. The number of unbranched alkanes of at least 4 members (excludes halogenated alkanes) is 47. The number of carbonyl (C=O) groups is 4. The fourth-order valence-electron chi connectivity index (χ4n) is 11.8. The first-order valence-electron chi connectivity index (χ1n) is 41.2. The van der Waals surface area contributed by atoms with Crippen molar-refractivity contribution in [1.29, 1.82) is 0 Å². The number of rotatable bonds is 79. The van der Waals surface area contributed by atoms with E-state index >= 15 is 0 Å². The van der Waals surface area contributed by atoms with Gasteiger partial charge in [0.15, 0.2) is 12.2 Å². The molecule has 0 aliphatic rings. The zero-order valence-electron chi connectivity index (χ0n) is 64.4. The van der Waals surface area contributed by atoms with Crippen molar-refractivity contribution in [2.75, 3.05) is 39.6 Å². The van der Waals surface area contributed by atoms with E-state index in [-0.39, 0.29) is 25.7 Å². The van der Waals surface area contributed by atoms with Crippen LogP contribution in [-0.4, -0.2) is 96.7 Å². The summed E-state index contributed by atoms with van der Waals surface area (Å²) in [4.78, 5) is 73.0. The SMILES string of the molecule is CCCCC/C=C\C/C=C\CCCCCCCC(=O)OC[C@H](COP(=O)(O)OC[C@H](O)COP(=O)(O)OC[C@@H](COC(=O)CCCCCCCCCCCCCCCCCCC)OC(=O)CCCCCCCCCCCCCCC)OC(=O)CCCCCCC/C=C\CCCCCCCC. The van der Waals surface area contributed by atoms with Crippen LogP contribution in [0.1, 0.15) is 400 Å². The molecule has 0 spiro atoms. The summed E-state index contributed by atoms with van der Waals surface area (Å²) in [7, 11) is -9.94. The lowest BCUT2D eigenvalue weighted by Gasteiger charge is -2.21. The number of esters is 4. The molecule has 0 saturated carbocycles. The molecule has 0 aromatic rings. The number of ether oxygens (including phenoxy) is 4. The van der Waals surface area contributed by atoms with E-state index in [9.17, 15) is 43.2 Å². The zero-order chi connectivity index (χ0) is 73.2. The molecule has 0 radical (unpaired) electrons. The molecule has 100 heavy (non-hydrogen) atoms. The summed E-state index contributed by atoms with van der Waals surface area (Å²) in [6.45, 7) is 4.93. The maximum atomic E-state index is 13.1. The summed E-state index contributed by atoms with van der Waals surface area (Å²) < 4.78 is 68.7. The molecule has 17 nitrogen and oxygen atoms in total. The molecule has 588 valence electrons. The average molecular weight is 1460 g/mol. The van der Waals surface area contributed by atoms with Crippen LogP contribution in [0.3, 0.4) is 0 Å². The summed E-state index contributed by atoms with van der Waals surface area (Å²) in [5.41, 5.74) is 0. The third-order valence-corrected chi connectivity index (χ3v) is 20.0. The van der Waals surface area contributed by atoms with Gasteiger partial charge in [0.2, 0.25) is 0 Å². The Balaban J connectivity index is 5.30. The Morgan fingerprint density at radius 2 is 0.490 bits per heavy atom. The van der Waals surface area contributed by atoms with E-state index in [4.69, 9.17) is 37.0 Å². The molecule has 0 heterocycles. The van der Waals surface area contributed by atoms with Crippen LogP contribution in [0.4, 0.5) is 0 Å². The lowest BCUT2D eigenvalue weighted by atomic mass is 10.0. The maximum Gasteiger partial charge on any atom is 0.472 e. The Labute approximate surface area is 611 Å². The van der Waals surface area contributed by atoms with Gasteiger partial charge >= 0.3 is 39.5 Å². The number of hydrogen-bond acceptors (Lipinski definition) is 15. The molecule has 0 rings (SSSR count). The Hall–Kier alpha value is -2.72. The van der Waals surface area contributed by atoms with Gasteiger partial charge in [-0.1, -0.05) is 327 Å². The van der Waals surface area contributed by atoms with Gasteiger partial charge in [0, 0.05) is 25.7 Å². The van der Waals surface area contributed by atoms with Gasteiger partial charge in [-0.15, -0.1) is 0 Å². The second-order valence-corrected chi connectivity index (χ2v) is 31.0. The minimum atomic E-state index is -4.97. The van der Waals surface area contributed by atoms with Crippen molar-refractivity contribution in [3.05, 3.63) is 36.5 Å². The molecule has 0 saturated heterocycles. The van der Waals surface area contributed by atoms with Crippen molar-refractivity contribution in [2.45, 2.75) is 418 Å². The summed E-state index contributed by atoms with van der Waals surface area (Å²) in [5.74, 6) is -2.15. The Bertz CT molecular complexity index is 2040. The summed E-state index contributed by atoms with van der Waals surface area (Å²) in [5, 5.41) is 10.6. The second kappa shape index (κ2) is 74.5. The highest BCUT2D eigenvalue weighted by Crippen LogP contribution is 2.45. The number of hydrogen-bond donors (Lipinski definition) is 3. The maximum absolute atomic E-state index is 13.1. The molecule has 19 heteroatoms. The molecule has 0 aliphatic heterocycles. The van der Waals surface area contributed by atoms with Gasteiger partial charge in [-0.3, -0.25) is 37.3 Å². The van der Waals surface area contributed by atoms with Crippen LogP contribution >= 0.6 is 15.6 Å². The van der Waals surface area contributed by atoms with E-state index in [1.165, 1.54) is 193 Å². The number of phosphoric ester groups is 2. The molecular formula is C81H152O17P2. The molecule has 0 aromatic heterocycles. The lowest BCUT2D eigenvalue weighted by Crippen LogP contribution is -2.30. The molecule has 3 N–H and O–H groups in total. The zero-order valence-corrected chi connectivity index (χ0v) is 66.2. The number of allylic oxidation sites excluding steroid dienone is 6. The minimum Gasteiger partial charge on any atom is -0.462 e. The lowest BCUT2D eigenvalue weighted by molar-refractivity contribution is -0.161. The number of phosphoric acid groups is 2. The highest BCUT2D eigenvalue weighted by atomic mass is 31.2. The van der Waals surface area contributed by atoms with Crippen molar-refractivity contribution in [2.24, 2.45) is 0 Å². The smallest absolute Gasteiger partial charge is 0.462 e. The molecule has 0 fully saturated rings.